The van der Waals surface area contributed by atoms with Gasteiger partial charge in [0.15, 0.2) is 0 Å². The first-order valence-corrected chi connectivity index (χ1v) is 4.77. The van der Waals surface area contributed by atoms with Crippen LogP contribution >= 0.6 is 0 Å². The number of aromatic nitrogens is 2. The number of ether oxygens (including phenoxy) is 1. The molecule has 4 N–H and O–H groups in total. The average Bonchev–Trinajstić information content (AvgIpc) is 2.60. The van der Waals surface area contributed by atoms with E-state index in [4.69, 9.17) is 16.9 Å². The Morgan fingerprint density at radius 1 is 1.81 bits per heavy atom. The standard InChI is InChI=1S/C9H13N3O4/c10-7-1-2-12(9(15)11-7)8-3-5(14)6(4-13)16-8/h1-2,5-6,8,13-14H,3-4H2,(H2,10,11,15)/t5-,6+,8+/m0/s1/i4D/t4?,5-,6+,8+. The number of hydrogen-bond donors (Lipinski definition) is 3. The molecule has 88 valence electrons. The molecular formula is C9H13N3O4. The molecule has 0 aliphatic carbocycles. The van der Waals surface area contributed by atoms with Crippen LogP contribution in [0.25, 0.3) is 0 Å². The fraction of sp³-hybridized carbons (Fsp3) is 0.556. The zero-order valence-corrected chi connectivity index (χ0v) is 8.35. The van der Waals surface area contributed by atoms with Gasteiger partial charge in [0.05, 0.1) is 14.1 Å². The molecule has 1 aliphatic heterocycles. The quantitative estimate of drug-likeness (QED) is 0.566. The van der Waals surface area contributed by atoms with Crippen molar-refractivity contribution < 1.29 is 16.3 Å². The van der Waals surface area contributed by atoms with E-state index in [0.29, 0.717) is 0 Å². The van der Waals surface area contributed by atoms with Gasteiger partial charge in [0.2, 0.25) is 0 Å². The van der Waals surface area contributed by atoms with Gasteiger partial charge >= 0.3 is 5.69 Å². The zero-order chi connectivity index (χ0) is 12.6. The van der Waals surface area contributed by atoms with Gasteiger partial charge in [-0.05, 0) is 6.07 Å². The van der Waals surface area contributed by atoms with Crippen molar-refractivity contribution in [2.45, 2.75) is 24.9 Å². The predicted molar refractivity (Wildman–Crippen MR) is 54.5 cm³/mol. The Balaban J connectivity index is 2.23. The molecule has 2 heterocycles. The fourth-order valence-corrected chi connectivity index (χ4v) is 1.63. The molecule has 1 aromatic rings. The van der Waals surface area contributed by atoms with E-state index in [1.165, 1.54) is 16.8 Å². The Kier molecular flexibility index (Phi) is 2.56. The lowest BCUT2D eigenvalue weighted by atomic mass is 10.2. The summed E-state index contributed by atoms with van der Waals surface area (Å²) in [6.07, 6.45) is -1.23. The topological polar surface area (TPSA) is 111 Å². The minimum atomic E-state index is -1.55. The van der Waals surface area contributed by atoms with Crippen molar-refractivity contribution in [2.24, 2.45) is 0 Å². The third-order valence-corrected chi connectivity index (χ3v) is 2.45. The number of nitrogens with zero attached hydrogens (tertiary/aromatic N) is 2. The van der Waals surface area contributed by atoms with Gasteiger partial charge in [-0.15, -0.1) is 0 Å². The van der Waals surface area contributed by atoms with Gasteiger partial charge in [0, 0.05) is 12.6 Å². The summed E-state index contributed by atoms with van der Waals surface area (Å²) in [6.45, 7) is -1.55. The van der Waals surface area contributed by atoms with E-state index in [9.17, 15) is 9.90 Å². The maximum absolute atomic E-state index is 11.5. The van der Waals surface area contributed by atoms with E-state index in [0.717, 1.165) is 0 Å². The van der Waals surface area contributed by atoms with Crippen molar-refractivity contribution in [3.05, 3.63) is 22.7 Å². The SMILES string of the molecule is [2H]C(O)[C@H]1O[C@@H](n2ccc(N)nc2=O)C[C@@H]1O. The van der Waals surface area contributed by atoms with Crippen LogP contribution in [-0.2, 0) is 4.74 Å². The summed E-state index contributed by atoms with van der Waals surface area (Å²) in [6, 6.07) is 1.43. The Hall–Kier alpha value is -1.44. The summed E-state index contributed by atoms with van der Waals surface area (Å²) < 4.78 is 13.5. The highest BCUT2D eigenvalue weighted by molar-refractivity contribution is 5.23. The molecule has 0 saturated carbocycles. The number of nitrogen functional groups attached to an aromatic ring is 1. The van der Waals surface area contributed by atoms with Gasteiger partial charge < -0.3 is 20.7 Å². The summed E-state index contributed by atoms with van der Waals surface area (Å²) in [5, 5.41) is 18.6. The van der Waals surface area contributed by atoms with Gasteiger partial charge in [-0.2, -0.15) is 4.98 Å². The largest absolute Gasteiger partial charge is 0.394 e. The number of hydrogen-bond acceptors (Lipinski definition) is 6. The van der Waals surface area contributed by atoms with E-state index in [2.05, 4.69) is 4.98 Å². The lowest BCUT2D eigenvalue weighted by Gasteiger charge is -2.13. The monoisotopic (exact) mass is 228 g/mol. The number of aliphatic hydroxyl groups is 2. The molecule has 7 nitrogen and oxygen atoms in total. The predicted octanol–water partition coefficient (Wildman–Crippen LogP) is -1.53. The third-order valence-electron chi connectivity index (χ3n) is 2.45. The second kappa shape index (κ2) is 4.20. The van der Waals surface area contributed by atoms with E-state index in [1.807, 2.05) is 0 Å². The van der Waals surface area contributed by atoms with Crippen LogP contribution in [-0.4, -0.2) is 38.6 Å². The maximum Gasteiger partial charge on any atom is 0.351 e. The minimum absolute atomic E-state index is 0.0990. The van der Waals surface area contributed by atoms with Crippen molar-refractivity contribution >= 4 is 5.82 Å². The highest BCUT2D eigenvalue weighted by Gasteiger charge is 2.34. The lowest BCUT2D eigenvalue weighted by molar-refractivity contribution is -0.0458. The summed E-state index contributed by atoms with van der Waals surface area (Å²) in [4.78, 5) is 15.0. The number of nitrogens with two attached hydrogens (primary N) is 1. The number of anilines is 1. The van der Waals surface area contributed by atoms with E-state index in [1.54, 1.807) is 0 Å². The third kappa shape index (κ3) is 1.92. The average molecular weight is 228 g/mol. The van der Waals surface area contributed by atoms with Crippen LogP contribution in [0.2, 0.25) is 0 Å². The molecule has 1 fully saturated rings. The first kappa shape index (κ1) is 9.76. The minimum Gasteiger partial charge on any atom is -0.394 e. The van der Waals surface area contributed by atoms with Crippen LogP contribution in [0.1, 0.15) is 14.0 Å². The molecule has 0 amide bonds. The molecule has 2 rings (SSSR count). The highest BCUT2D eigenvalue weighted by Crippen LogP contribution is 2.27. The van der Waals surface area contributed by atoms with Crippen molar-refractivity contribution in [3.63, 3.8) is 0 Å². The lowest BCUT2D eigenvalue weighted by Crippen LogP contribution is -2.27. The first-order chi connectivity index (χ1) is 7.99. The van der Waals surface area contributed by atoms with Crippen LogP contribution < -0.4 is 11.4 Å². The maximum atomic E-state index is 11.5. The number of rotatable bonds is 2. The first-order valence-electron chi connectivity index (χ1n) is 5.35. The Morgan fingerprint density at radius 3 is 3.12 bits per heavy atom. The van der Waals surface area contributed by atoms with Gasteiger partial charge in [-0.25, -0.2) is 4.79 Å². The smallest absolute Gasteiger partial charge is 0.351 e. The van der Waals surface area contributed by atoms with Crippen LogP contribution in [0.3, 0.4) is 0 Å². The normalized spacial score (nSPS) is 32.4. The van der Waals surface area contributed by atoms with Crippen molar-refractivity contribution in [2.75, 3.05) is 12.3 Å². The molecule has 1 unspecified atom stereocenters. The van der Waals surface area contributed by atoms with E-state index < -0.39 is 30.7 Å². The van der Waals surface area contributed by atoms with Gasteiger partial charge in [-0.3, -0.25) is 4.57 Å². The number of aliphatic hydroxyl groups excluding tert-OH is 2. The summed E-state index contributed by atoms with van der Waals surface area (Å²) >= 11 is 0. The summed E-state index contributed by atoms with van der Waals surface area (Å²) in [5.74, 6) is 0.0990. The van der Waals surface area contributed by atoms with Gasteiger partial charge in [-0.1, -0.05) is 0 Å². The van der Waals surface area contributed by atoms with E-state index in [-0.39, 0.29) is 12.2 Å². The fourth-order valence-electron chi connectivity index (χ4n) is 1.63. The Morgan fingerprint density at radius 2 is 2.56 bits per heavy atom. The molecule has 0 aromatic carbocycles. The summed E-state index contributed by atoms with van der Waals surface area (Å²) in [5.41, 5.74) is 4.75. The van der Waals surface area contributed by atoms with Crippen molar-refractivity contribution in [3.8, 4) is 0 Å². The van der Waals surface area contributed by atoms with Gasteiger partial charge in [0.1, 0.15) is 18.1 Å². The molecule has 0 bridgehead atoms. The molecule has 1 saturated heterocycles. The van der Waals surface area contributed by atoms with Gasteiger partial charge in [0.25, 0.3) is 0 Å². The molecule has 1 aromatic heterocycles. The summed E-state index contributed by atoms with van der Waals surface area (Å²) in [7, 11) is 0. The second-order valence-electron chi connectivity index (χ2n) is 3.55. The Bertz CT molecular complexity index is 464. The molecular weight excluding hydrogens is 214 g/mol. The highest BCUT2D eigenvalue weighted by atomic mass is 16.5. The molecule has 4 atom stereocenters. The molecule has 0 radical (unpaired) electrons. The van der Waals surface area contributed by atoms with Crippen LogP contribution in [0, 0.1) is 0 Å². The van der Waals surface area contributed by atoms with Crippen molar-refractivity contribution in [1.29, 1.82) is 0 Å². The van der Waals surface area contributed by atoms with E-state index >= 15 is 0 Å². The van der Waals surface area contributed by atoms with Crippen LogP contribution in [0.5, 0.6) is 0 Å². The molecule has 16 heavy (non-hydrogen) atoms. The Labute approximate surface area is 92.5 Å². The van der Waals surface area contributed by atoms with Crippen molar-refractivity contribution in [1.82, 2.24) is 9.55 Å². The molecule has 7 heteroatoms. The molecule has 0 spiro atoms. The molecule has 1 aliphatic rings. The van der Waals surface area contributed by atoms with Crippen LogP contribution in [0.15, 0.2) is 17.1 Å². The van der Waals surface area contributed by atoms with Crippen LogP contribution in [0.4, 0.5) is 5.82 Å². The second-order valence-corrected chi connectivity index (χ2v) is 3.55. The zero-order valence-electron chi connectivity index (χ0n) is 9.35.